The molecule has 0 bridgehead atoms. The molecule has 21 heavy (non-hydrogen) atoms. The molecule has 118 valence electrons. The molecular weight excluding hydrogens is 272 g/mol. The molecule has 1 unspecified atom stereocenters. The second-order valence-corrected chi connectivity index (χ2v) is 7.32. The Kier molecular flexibility index (Phi) is 4.15. The molecular formula is C17H25F2NO. The molecule has 4 heteroatoms. The third-order valence-corrected chi connectivity index (χ3v) is 5.46. The van der Waals surface area contributed by atoms with E-state index in [-0.39, 0.29) is 17.5 Å². The van der Waals surface area contributed by atoms with Crippen molar-refractivity contribution >= 4 is 0 Å². The Morgan fingerprint density at radius 1 is 1.19 bits per heavy atom. The van der Waals surface area contributed by atoms with E-state index in [4.69, 9.17) is 5.73 Å². The van der Waals surface area contributed by atoms with Crippen LogP contribution in [0.3, 0.4) is 0 Å². The van der Waals surface area contributed by atoms with Crippen LogP contribution in [0.2, 0.25) is 0 Å². The predicted octanol–water partition coefficient (Wildman–Crippen LogP) is 3.72. The van der Waals surface area contributed by atoms with Crippen molar-refractivity contribution in [1.29, 1.82) is 0 Å². The molecule has 1 aromatic carbocycles. The highest BCUT2D eigenvalue weighted by atomic mass is 19.2. The second kappa shape index (κ2) is 5.33. The van der Waals surface area contributed by atoms with Gasteiger partial charge in [-0.15, -0.1) is 0 Å². The largest absolute Gasteiger partial charge is 0.385 e. The number of rotatable bonds is 3. The number of aliphatic hydroxyl groups is 1. The maximum atomic E-state index is 14.1. The lowest BCUT2D eigenvalue weighted by Gasteiger charge is -2.51. The molecule has 1 saturated carbocycles. The summed E-state index contributed by atoms with van der Waals surface area (Å²) in [6, 6.07) is 3.95. The number of hydrogen-bond acceptors (Lipinski definition) is 2. The van der Waals surface area contributed by atoms with E-state index in [0.29, 0.717) is 12.8 Å². The Morgan fingerprint density at radius 2 is 1.76 bits per heavy atom. The Hall–Kier alpha value is -1.00. The minimum atomic E-state index is -1.48. The molecule has 1 fully saturated rings. The number of nitrogens with two attached hydrogens (primary N) is 1. The molecule has 0 radical (unpaired) electrons. The average Bonchev–Trinajstić information content (AvgIpc) is 2.42. The molecule has 0 amide bonds. The van der Waals surface area contributed by atoms with E-state index >= 15 is 0 Å². The third kappa shape index (κ3) is 2.71. The average molecular weight is 297 g/mol. The monoisotopic (exact) mass is 297 g/mol. The van der Waals surface area contributed by atoms with Crippen LogP contribution in [0.15, 0.2) is 18.2 Å². The highest BCUT2D eigenvalue weighted by molar-refractivity contribution is 5.28. The van der Waals surface area contributed by atoms with Crippen molar-refractivity contribution in [1.82, 2.24) is 0 Å². The van der Waals surface area contributed by atoms with Crippen molar-refractivity contribution < 1.29 is 13.9 Å². The van der Waals surface area contributed by atoms with Crippen molar-refractivity contribution in [2.45, 2.75) is 52.1 Å². The first-order valence-corrected chi connectivity index (χ1v) is 7.52. The smallest absolute Gasteiger partial charge is 0.164 e. The van der Waals surface area contributed by atoms with E-state index in [0.717, 1.165) is 18.9 Å². The highest BCUT2D eigenvalue weighted by Crippen LogP contribution is 2.53. The molecule has 1 atom stereocenters. The Morgan fingerprint density at radius 3 is 2.29 bits per heavy atom. The van der Waals surface area contributed by atoms with Gasteiger partial charge in [-0.25, -0.2) is 8.78 Å². The van der Waals surface area contributed by atoms with Gasteiger partial charge in [0.05, 0.1) is 5.60 Å². The first-order valence-electron chi connectivity index (χ1n) is 7.52. The maximum absolute atomic E-state index is 14.1. The summed E-state index contributed by atoms with van der Waals surface area (Å²) in [5.41, 5.74) is 4.08. The topological polar surface area (TPSA) is 46.2 Å². The van der Waals surface area contributed by atoms with E-state index < -0.39 is 22.7 Å². The van der Waals surface area contributed by atoms with Gasteiger partial charge in [-0.3, -0.25) is 0 Å². The van der Waals surface area contributed by atoms with Gasteiger partial charge in [0.15, 0.2) is 11.6 Å². The number of hydrogen-bond donors (Lipinski definition) is 2. The summed E-state index contributed by atoms with van der Waals surface area (Å²) in [4.78, 5) is 0. The SMILES string of the molecule is CC1(C)CCC(CN)(C(C)(O)c2cccc(F)c2F)CC1. The molecule has 0 spiro atoms. The predicted molar refractivity (Wildman–Crippen MR) is 79.7 cm³/mol. The van der Waals surface area contributed by atoms with Crippen LogP contribution in [0.4, 0.5) is 8.78 Å². The fourth-order valence-corrected chi connectivity index (χ4v) is 3.46. The summed E-state index contributed by atoms with van der Waals surface area (Å²) in [5, 5.41) is 11.0. The van der Waals surface area contributed by atoms with Crippen molar-refractivity contribution in [3.63, 3.8) is 0 Å². The fourth-order valence-electron chi connectivity index (χ4n) is 3.46. The number of halogens is 2. The quantitative estimate of drug-likeness (QED) is 0.893. The summed E-state index contributed by atoms with van der Waals surface area (Å²) in [5.74, 6) is -1.91. The van der Waals surface area contributed by atoms with E-state index in [2.05, 4.69) is 13.8 Å². The van der Waals surface area contributed by atoms with Gasteiger partial charge in [-0.1, -0.05) is 26.0 Å². The van der Waals surface area contributed by atoms with Crippen LogP contribution in [-0.4, -0.2) is 11.7 Å². The van der Waals surface area contributed by atoms with Gasteiger partial charge in [0.25, 0.3) is 0 Å². The third-order valence-electron chi connectivity index (χ3n) is 5.46. The minimum absolute atomic E-state index is 0.00709. The van der Waals surface area contributed by atoms with E-state index in [1.54, 1.807) is 6.92 Å². The van der Waals surface area contributed by atoms with Crippen LogP contribution in [-0.2, 0) is 5.60 Å². The lowest BCUT2D eigenvalue weighted by molar-refractivity contribution is -0.107. The molecule has 3 N–H and O–H groups in total. The normalized spacial score (nSPS) is 23.6. The second-order valence-electron chi connectivity index (χ2n) is 7.32. The van der Waals surface area contributed by atoms with E-state index in [1.165, 1.54) is 12.1 Å². The maximum Gasteiger partial charge on any atom is 0.164 e. The number of benzene rings is 1. The lowest BCUT2D eigenvalue weighted by atomic mass is 9.57. The molecule has 2 rings (SSSR count). The first kappa shape index (κ1) is 16.4. The molecule has 0 aromatic heterocycles. The van der Waals surface area contributed by atoms with Gasteiger partial charge >= 0.3 is 0 Å². The molecule has 0 aliphatic heterocycles. The Bertz CT molecular complexity index is 516. The van der Waals surface area contributed by atoms with E-state index in [9.17, 15) is 13.9 Å². The zero-order valence-corrected chi connectivity index (χ0v) is 13.0. The molecule has 1 aliphatic carbocycles. The zero-order valence-electron chi connectivity index (χ0n) is 13.0. The lowest BCUT2D eigenvalue weighted by Crippen LogP contribution is -2.52. The van der Waals surface area contributed by atoms with Crippen molar-refractivity contribution in [2.75, 3.05) is 6.54 Å². The van der Waals surface area contributed by atoms with Gasteiger partial charge in [0.2, 0.25) is 0 Å². The van der Waals surface area contributed by atoms with Gasteiger partial charge in [0.1, 0.15) is 0 Å². The fraction of sp³-hybridized carbons (Fsp3) is 0.647. The Balaban J connectivity index is 2.43. The summed E-state index contributed by atoms with van der Waals surface area (Å²) in [7, 11) is 0. The summed E-state index contributed by atoms with van der Waals surface area (Å²) >= 11 is 0. The van der Waals surface area contributed by atoms with Gasteiger partial charge in [-0.05, 0) is 44.1 Å². The van der Waals surface area contributed by atoms with Crippen LogP contribution in [0.1, 0.15) is 52.0 Å². The van der Waals surface area contributed by atoms with Gasteiger partial charge in [-0.2, -0.15) is 0 Å². The van der Waals surface area contributed by atoms with Crippen LogP contribution < -0.4 is 5.73 Å². The molecule has 1 aliphatic rings. The van der Waals surface area contributed by atoms with Crippen LogP contribution in [0, 0.1) is 22.5 Å². The zero-order chi connectivity index (χ0) is 15.9. The van der Waals surface area contributed by atoms with Crippen molar-refractivity contribution in [2.24, 2.45) is 16.6 Å². The summed E-state index contributed by atoms with van der Waals surface area (Å²) in [6.07, 6.45) is 3.24. The van der Waals surface area contributed by atoms with Gasteiger partial charge < -0.3 is 10.8 Å². The van der Waals surface area contributed by atoms with Crippen molar-refractivity contribution in [3.05, 3.63) is 35.4 Å². The van der Waals surface area contributed by atoms with Crippen LogP contribution >= 0.6 is 0 Å². The van der Waals surface area contributed by atoms with Gasteiger partial charge in [0, 0.05) is 17.5 Å². The molecule has 2 nitrogen and oxygen atoms in total. The minimum Gasteiger partial charge on any atom is -0.385 e. The summed E-state index contributed by atoms with van der Waals surface area (Å²) in [6.45, 7) is 6.19. The highest BCUT2D eigenvalue weighted by Gasteiger charge is 2.51. The molecule has 0 saturated heterocycles. The van der Waals surface area contributed by atoms with E-state index in [1.807, 2.05) is 0 Å². The van der Waals surface area contributed by atoms with Crippen molar-refractivity contribution in [3.8, 4) is 0 Å². The van der Waals surface area contributed by atoms with Crippen LogP contribution in [0.5, 0.6) is 0 Å². The Labute approximate surface area is 125 Å². The standard InChI is InChI=1S/C17H25F2NO/c1-15(2)7-9-17(11-20,10-8-15)16(3,21)12-5-4-6-13(18)14(12)19/h4-6,21H,7-11,20H2,1-3H3. The summed E-state index contributed by atoms with van der Waals surface area (Å²) < 4.78 is 27.6. The molecule has 1 aromatic rings. The van der Waals surface area contributed by atoms with Crippen LogP contribution in [0.25, 0.3) is 0 Å². The molecule has 0 heterocycles. The first-order chi connectivity index (χ1) is 9.65.